The number of carbonyl (C=O) groups excluding carboxylic acids is 1. The molecular weight excluding hydrogens is 250 g/mol. The van der Waals surface area contributed by atoms with Gasteiger partial charge in [0.25, 0.3) is 0 Å². The van der Waals surface area contributed by atoms with E-state index >= 15 is 0 Å². The maximum atomic E-state index is 11.8. The number of fused-ring (bicyclic) bond motifs is 1. The fraction of sp³-hybridized carbons (Fsp3) is 0.353. The summed E-state index contributed by atoms with van der Waals surface area (Å²) in [5, 5.41) is 11.7. The molecule has 0 aromatic heterocycles. The van der Waals surface area contributed by atoms with Crippen LogP contribution in [0.15, 0.2) is 42.5 Å². The van der Waals surface area contributed by atoms with Gasteiger partial charge in [0.1, 0.15) is 0 Å². The highest BCUT2D eigenvalue weighted by Gasteiger charge is 2.28. The second-order valence-corrected chi connectivity index (χ2v) is 5.48. The first kappa shape index (κ1) is 13.1. The van der Waals surface area contributed by atoms with Crippen molar-refractivity contribution >= 4 is 16.7 Å². The van der Waals surface area contributed by atoms with Gasteiger partial charge in [-0.3, -0.25) is 4.79 Å². The minimum atomic E-state index is 0.108. The lowest BCUT2D eigenvalue weighted by molar-refractivity contribution is -0.127. The molecular formula is C17H19NO2. The van der Waals surface area contributed by atoms with Crippen molar-refractivity contribution in [3.05, 3.63) is 48.0 Å². The standard InChI is InChI=1S/C17H19NO2/c19-12-13-10-17(20)18(11-13)9-8-15-6-3-5-14-4-1-2-7-16(14)15/h1-7,13,19H,8-12H2. The van der Waals surface area contributed by atoms with Crippen molar-refractivity contribution in [2.24, 2.45) is 5.92 Å². The number of aliphatic hydroxyl groups excluding tert-OH is 1. The van der Waals surface area contributed by atoms with Crippen molar-refractivity contribution in [3.8, 4) is 0 Å². The minimum absolute atomic E-state index is 0.108. The minimum Gasteiger partial charge on any atom is -0.396 e. The van der Waals surface area contributed by atoms with Crippen LogP contribution in [0.5, 0.6) is 0 Å². The lowest BCUT2D eigenvalue weighted by Gasteiger charge is -2.17. The summed E-state index contributed by atoms with van der Waals surface area (Å²) in [6, 6.07) is 14.7. The molecule has 3 heteroatoms. The third kappa shape index (κ3) is 2.54. The molecule has 3 rings (SSSR count). The van der Waals surface area contributed by atoms with E-state index in [0.29, 0.717) is 13.0 Å². The van der Waals surface area contributed by atoms with Crippen molar-refractivity contribution in [2.45, 2.75) is 12.8 Å². The fourth-order valence-corrected chi connectivity index (χ4v) is 2.96. The second kappa shape index (κ2) is 5.63. The van der Waals surface area contributed by atoms with E-state index in [1.54, 1.807) is 0 Å². The molecule has 2 aromatic carbocycles. The van der Waals surface area contributed by atoms with Crippen LogP contribution in [0.2, 0.25) is 0 Å². The molecule has 1 saturated heterocycles. The number of hydrogen-bond donors (Lipinski definition) is 1. The van der Waals surface area contributed by atoms with Gasteiger partial charge in [-0.2, -0.15) is 0 Å². The first-order valence-corrected chi connectivity index (χ1v) is 7.13. The first-order chi connectivity index (χ1) is 9.78. The topological polar surface area (TPSA) is 40.5 Å². The van der Waals surface area contributed by atoms with Crippen molar-refractivity contribution in [1.29, 1.82) is 0 Å². The molecule has 0 radical (unpaired) electrons. The Kier molecular flexibility index (Phi) is 3.70. The SMILES string of the molecule is O=C1CC(CO)CN1CCc1cccc2ccccc12. The lowest BCUT2D eigenvalue weighted by atomic mass is 10.0. The van der Waals surface area contributed by atoms with Gasteiger partial charge in [-0.15, -0.1) is 0 Å². The van der Waals surface area contributed by atoms with E-state index in [4.69, 9.17) is 5.11 Å². The zero-order valence-electron chi connectivity index (χ0n) is 11.5. The van der Waals surface area contributed by atoms with Crippen molar-refractivity contribution < 1.29 is 9.90 Å². The van der Waals surface area contributed by atoms with Crippen molar-refractivity contribution in [3.63, 3.8) is 0 Å². The molecule has 0 bridgehead atoms. The van der Waals surface area contributed by atoms with Gasteiger partial charge in [-0.1, -0.05) is 42.5 Å². The van der Waals surface area contributed by atoms with Crippen LogP contribution in [0.1, 0.15) is 12.0 Å². The molecule has 1 aliphatic rings. The van der Waals surface area contributed by atoms with E-state index in [0.717, 1.165) is 13.0 Å². The Hall–Kier alpha value is -1.87. The number of amides is 1. The summed E-state index contributed by atoms with van der Waals surface area (Å²) in [5.74, 6) is 0.291. The summed E-state index contributed by atoms with van der Waals surface area (Å²) in [4.78, 5) is 13.7. The van der Waals surface area contributed by atoms with Gasteiger partial charge in [-0.25, -0.2) is 0 Å². The molecule has 0 spiro atoms. The van der Waals surface area contributed by atoms with Crippen LogP contribution in [0.4, 0.5) is 0 Å². The van der Waals surface area contributed by atoms with Gasteiger partial charge in [0, 0.05) is 32.0 Å². The third-order valence-electron chi connectivity index (χ3n) is 4.08. The smallest absolute Gasteiger partial charge is 0.223 e. The molecule has 20 heavy (non-hydrogen) atoms. The lowest BCUT2D eigenvalue weighted by Crippen LogP contribution is -2.27. The van der Waals surface area contributed by atoms with Crippen LogP contribution in [-0.2, 0) is 11.2 Å². The number of aliphatic hydroxyl groups is 1. The summed E-state index contributed by atoms with van der Waals surface area (Å²) in [7, 11) is 0. The predicted octanol–water partition coefficient (Wildman–Crippen LogP) is 2.22. The summed E-state index contributed by atoms with van der Waals surface area (Å²) >= 11 is 0. The van der Waals surface area contributed by atoms with Crippen LogP contribution < -0.4 is 0 Å². The van der Waals surface area contributed by atoms with Gasteiger partial charge in [0.2, 0.25) is 5.91 Å². The monoisotopic (exact) mass is 269 g/mol. The summed E-state index contributed by atoms with van der Waals surface area (Å²) < 4.78 is 0. The average molecular weight is 269 g/mol. The highest BCUT2D eigenvalue weighted by atomic mass is 16.3. The van der Waals surface area contributed by atoms with Crippen LogP contribution in [-0.4, -0.2) is 35.6 Å². The zero-order valence-corrected chi connectivity index (χ0v) is 11.5. The Bertz CT molecular complexity index is 618. The quantitative estimate of drug-likeness (QED) is 0.924. The molecule has 2 aromatic rings. The largest absolute Gasteiger partial charge is 0.396 e. The highest BCUT2D eigenvalue weighted by molar-refractivity contribution is 5.85. The second-order valence-electron chi connectivity index (χ2n) is 5.48. The van der Waals surface area contributed by atoms with Gasteiger partial charge in [0.05, 0.1) is 0 Å². The van der Waals surface area contributed by atoms with Crippen LogP contribution in [0, 0.1) is 5.92 Å². The predicted molar refractivity (Wildman–Crippen MR) is 79.4 cm³/mol. The number of hydrogen-bond acceptors (Lipinski definition) is 2. The Labute approximate surface area is 118 Å². The first-order valence-electron chi connectivity index (χ1n) is 7.13. The molecule has 1 N–H and O–H groups in total. The average Bonchev–Trinajstić information content (AvgIpc) is 2.85. The van der Waals surface area contributed by atoms with E-state index in [1.165, 1.54) is 16.3 Å². The Balaban J connectivity index is 1.73. The maximum absolute atomic E-state index is 11.8. The fourth-order valence-electron chi connectivity index (χ4n) is 2.96. The van der Waals surface area contributed by atoms with E-state index in [9.17, 15) is 4.79 Å². The Morgan fingerprint density at radius 2 is 1.95 bits per heavy atom. The molecule has 104 valence electrons. The molecule has 1 heterocycles. The van der Waals surface area contributed by atoms with E-state index < -0.39 is 0 Å². The summed E-state index contributed by atoms with van der Waals surface area (Å²) in [6.45, 7) is 1.54. The third-order valence-corrected chi connectivity index (χ3v) is 4.08. The molecule has 1 unspecified atom stereocenters. The van der Waals surface area contributed by atoms with Crippen LogP contribution >= 0.6 is 0 Å². The summed E-state index contributed by atoms with van der Waals surface area (Å²) in [6.07, 6.45) is 1.36. The van der Waals surface area contributed by atoms with Crippen LogP contribution in [0.3, 0.4) is 0 Å². The number of rotatable bonds is 4. The number of carbonyl (C=O) groups is 1. The molecule has 0 aliphatic carbocycles. The summed E-state index contributed by atoms with van der Waals surface area (Å²) in [5.41, 5.74) is 1.28. The molecule has 1 atom stereocenters. The number of likely N-dealkylation sites (tertiary alicyclic amines) is 1. The van der Waals surface area contributed by atoms with E-state index in [2.05, 4.69) is 36.4 Å². The van der Waals surface area contributed by atoms with E-state index in [1.807, 2.05) is 11.0 Å². The van der Waals surface area contributed by atoms with Gasteiger partial charge < -0.3 is 10.0 Å². The van der Waals surface area contributed by atoms with Crippen LogP contribution in [0.25, 0.3) is 10.8 Å². The highest BCUT2D eigenvalue weighted by Crippen LogP contribution is 2.21. The van der Waals surface area contributed by atoms with E-state index in [-0.39, 0.29) is 18.4 Å². The molecule has 1 fully saturated rings. The molecule has 3 nitrogen and oxygen atoms in total. The normalized spacial score (nSPS) is 18.9. The van der Waals surface area contributed by atoms with Gasteiger partial charge >= 0.3 is 0 Å². The number of benzene rings is 2. The van der Waals surface area contributed by atoms with Crippen molar-refractivity contribution in [1.82, 2.24) is 4.90 Å². The zero-order chi connectivity index (χ0) is 13.9. The Morgan fingerprint density at radius 1 is 1.15 bits per heavy atom. The van der Waals surface area contributed by atoms with Gasteiger partial charge in [0.15, 0.2) is 0 Å². The van der Waals surface area contributed by atoms with Gasteiger partial charge in [-0.05, 0) is 22.8 Å². The van der Waals surface area contributed by atoms with Crippen molar-refractivity contribution in [2.75, 3.05) is 19.7 Å². The molecule has 0 saturated carbocycles. The molecule has 1 aliphatic heterocycles. The Morgan fingerprint density at radius 3 is 2.75 bits per heavy atom. The molecule has 1 amide bonds. The number of nitrogens with zero attached hydrogens (tertiary/aromatic N) is 1. The maximum Gasteiger partial charge on any atom is 0.223 e.